The van der Waals surface area contributed by atoms with E-state index in [0.29, 0.717) is 12.4 Å². The lowest BCUT2D eigenvalue weighted by Gasteiger charge is -2.19. The first-order chi connectivity index (χ1) is 8.47. The van der Waals surface area contributed by atoms with E-state index in [9.17, 15) is 8.42 Å². The average Bonchev–Trinajstić information content (AvgIpc) is 2.82. The highest BCUT2D eigenvalue weighted by atomic mass is 32.2. The minimum Gasteiger partial charge on any atom is -0.320 e. The molecule has 1 rings (SSSR count). The van der Waals surface area contributed by atoms with Crippen molar-refractivity contribution in [3.05, 3.63) is 5.82 Å². The molecule has 104 valence electrons. The molecular weight excluding hydrogens is 258 g/mol. The van der Waals surface area contributed by atoms with Crippen LogP contribution in [-0.4, -0.2) is 60.5 Å². The molecule has 1 aromatic rings. The second-order valence-corrected chi connectivity index (χ2v) is 5.70. The third-order valence-electron chi connectivity index (χ3n) is 2.38. The molecule has 0 amide bonds. The van der Waals surface area contributed by atoms with Crippen molar-refractivity contribution >= 4 is 10.2 Å². The second-order valence-electron chi connectivity index (χ2n) is 3.89. The van der Waals surface area contributed by atoms with Gasteiger partial charge < -0.3 is 5.32 Å². The number of tetrazole rings is 1. The Morgan fingerprint density at radius 2 is 2.22 bits per heavy atom. The Morgan fingerprint density at radius 1 is 1.50 bits per heavy atom. The maximum absolute atomic E-state index is 11.9. The molecule has 0 radical (unpaired) electrons. The van der Waals surface area contributed by atoms with Gasteiger partial charge in [-0.15, -0.1) is 10.2 Å². The van der Waals surface area contributed by atoms with Crippen molar-refractivity contribution in [2.75, 3.05) is 27.2 Å². The monoisotopic (exact) mass is 277 g/mol. The van der Waals surface area contributed by atoms with Crippen molar-refractivity contribution in [3.63, 3.8) is 0 Å². The normalized spacial score (nSPS) is 14.0. The largest absolute Gasteiger partial charge is 0.320 e. The van der Waals surface area contributed by atoms with E-state index < -0.39 is 16.3 Å². The quantitative estimate of drug-likeness (QED) is 0.505. The van der Waals surface area contributed by atoms with E-state index in [1.54, 1.807) is 6.92 Å². The van der Waals surface area contributed by atoms with Crippen LogP contribution in [0.2, 0.25) is 0 Å². The van der Waals surface area contributed by atoms with Gasteiger partial charge in [0.15, 0.2) is 5.82 Å². The van der Waals surface area contributed by atoms with Crippen LogP contribution in [-0.2, 0) is 10.2 Å². The minimum atomic E-state index is -3.53. The summed E-state index contributed by atoms with van der Waals surface area (Å²) in [5.74, 6) is 0.308. The SMILES string of the molecule is CNCCCN(C)S(=O)(=O)NC(C)c1nn[nH]n1. The molecule has 0 saturated carbocycles. The van der Waals surface area contributed by atoms with Gasteiger partial charge in [-0.25, -0.2) is 0 Å². The third kappa shape index (κ3) is 4.29. The molecule has 10 heteroatoms. The highest BCUT2D eigenvalue weighted by Crippen LogP contribution is 2.07. The molecule has 0 aliphatic heterocycles. The van der Waals surface area contributed by atoms with Crippen molar-refractivity contribution in [2.45, 2.75) is 19.4 Å². The zero-order chi connectivity index (χ0) is 13.6. The first-order valence-corrected chi connectivity index (χ1v) is 7.03. The molecule has 1 unspecified atom stereocenters. The number of hydrogen-bond donors (Lipinski definition) is 3. The summed E-state index contributed by atoms with van der Waals surface area (Å²) in [6.45, 7) is 2.86. The molecule has 1 heterocycles. The third-order valence-corrected chi connectivity index (χ3v) is 4.04. The van der Waals surface area contributed by atoms with Gasteiger partial charge in [0.05, 0.1) is 6.04 Å². The lowest BCUT2D eigenvalue weighted by Crippen LogP contribution is -2.40. The molecule has 1 aromatic heterocycles. The van der Waals surface area contributed by atoms with E-state index >= 15 is 0 Å². The van der Waals surface area contributed by atoms with Crippen molar-refractivity contribution < 1.29 is 8.42 Å². The summed E-state index contributed by atoms with van der Waals surface area (Å²) in [5, 5.41) is 16.1. The molecular formula is C8H19N7O2S. The molecule has 1 atom stereocenters. The predicted molar refractivity (Wildman–Crippen MR) is 65.8 cm³/mol. The second kappa shape index (κ2) is 6.73. The van der Waals surface area contributed by atoms with E-state index in [0.717, 1.165) is 13.0 Å². The van der Waals surface area contributed by atoms with Crippen LogP contribution in [0.5, 0.6) is 0 Å². The van der Waals surface area contributed by atoms with Crippen LogP contribution in [0.25, 0.3) is 0 Å². The Hall–Kier alpha value is -1.10. The fourth-order valence-electron chi connectivity index (χ4n) is 1.32. The van der Waals surface area contributed by atoms with Crippen molar-refractivity contribution in [2.24, 2.45) is 0 Å². The summed E-state index contributed by atoms with van der Waals surface area (Å²) >= 11 is 0. The Bertz CT molecular complexity index is 432. The van der Waals surface area contributed by atoms with Gasteiger partial charge in [0.25, 0.3) is 10.2 Å². The van der Waals surface area contributed by atoms with Gasteiger partial charge in [-0.2, -0.15) is 22.7 Å². The van der Waals surface area contributed by atoms with Crippen LogP contribution in [0.15, 0.2) is 0 Å². The van der Waals surface area contributed by atoms with E-state index in [1.807, 2.05) is 7.05 Å². The molecule has 0 aliphatic carbocycles. The van der Waals surface area contributed by atoms with E-state index in [-0.39, 0.29) is 0 Å². The Balaban J connectivity index is 2.53. The fourth-order valence-corrected chi connectivity index (χ4v) is 2.42. The van der Waals surface area contributed by atoms with Gasteiger partial charge in [0.2, 0.25) is 0 Å². The van der Waals surface area contributed by atoms with Crippen LogP contribution in [0.4, 0.5) is 0 Å². The minimum absolute atomic E-state index is 0.308. The van der Waals surface area contributed by atoms with Gasteiger partial charge in [-0.3, -0.25) is 0 Å². The number of H-pyrrole nitrogens is 1. The number of nitrogens with zero attached hydrogens (tertiary/aromatic N) is 4. The summed E-state index contributed by atoms with van der Waals surface area (Å²) in [5.41, 5.74) is 0. The number of nitrogens with one attached hydrogen (secondary N) is 3. The summed E-state index contributed by atoms with van der Waals surface area (Å²) < 4.78 is 27.6. The lowest BCUT2D eigenvalue weighted by molar-refractivity contribution is 0.439. The van der Waals surface area contributed by atoms with Crippen LogP contribution < -0.4 is 10.0 Å². The zero-order valence-electron chi connectivity index (χ0n) is 10.7. The van der Waals surface area contributed by atoms with Crippen LogP contribution in [0, 0.1) is 0 Å². The topological polar surface area (TPSA) is 116 Å². The summed E-state index contributed by atoms with van der Waals surface area (Å²) in [4.78, 5) is 0. The molecule has 0 bridgehead atoms. The standard InChI is InChI=1S/C8H19N7O2S/c1-7(8-10-13-14-11-8)12-18(16,17)15(3)6-4-5-9-2/h7,9,12H,4-6H2,1-3H3,(H,10,11,13,14). The maximum atomic E-state index is 11.9. The number of aromatic amines is 1. The number of hydrogen-bond acceptors (Lipinski definition) is 6. The summed E-state index contributed by atoms with van der Waals surface area (Å²) in [6.07, 6.45) is 0.741. The van der Waals surface area contributed by atoms with Gasteiger partial charge in [0.1, 0.15) is 0 Å². The van der Waals surface area contributed by atoms with Crippen molar-refractivity contribution in [1.29, 1.82) is 0 Å². The Morgan fingerprint density at radius 3 is 2.78 bits per heavy atom. The predicted octanol–water partition coefficient (Wildman–Crippen LogP) is -1.36. The first-order valence-electron chi connectivity index (χ1n) is 5.59. The molecule has 9 nitrogen and oxygen atoms in total. The summed E-state index contributed by atoms with van der Waals surface area (Å²) in [7, 11) is -0.179. The number of aromatic nitrogens is 4. The van der Waals surface area contributed by atoms with Gasteiger partial charge in [-0.1, -0.05) is 5.21 Å². The van der Waals surface area contributed by atoms with Crippen molar-refractivity contribution in [1.82, 2.24) is 35.0 Å². The van der Waals surface area contributed by atoms with Gasteiger partial charge in [0, 0.05) is 13.6 Å². The molecule has 3 N–H and O–H groups in total. The Labute approximate surface area is 107 Å². The molecule has 0 aromatic carbocycles. The average molecular weight is 277 g/mol. The number of rotatable bonds is 8. The van der Waals surface area contributed by atoms with Crippen LogP contribution in [0.3, 0.4) is 0 Å². The van der Waals surface area contributed by atoms with Crippen LogP contribution in [0.1, 0.15) is 25.2 Å². The molecule has 0 fully saturated rings. The van der Waals surface area contributed by atoms with E-state index in [4.69, 9.17) is 0 Å². The molecule has 18 heavy (non-hydrogen) atoms. The maximum Gasteiger partial charge on any atom is 0.279 e. The molecule has 0 aliphatic rings. The Kier molecular flexibility index (Phi) is 5.59. The van der Waals surface area contributed by atoms with Crippen LogP contribution >= 0.6 is 0 Å². The molecule has 0 spiro atoms. The lowest BCUT2D eigenvalue weighted by atomic mass is 10.4. The first kappa shape index (κ1) is 15.0. The van der Waals surface area contributed by atoms with E-state index in [2.05, 4.69) is 30.7 Å². The smallest absolute Gasteiger partial charge is 0.279 e. The highest BCUT2D eigenvalue weighted by Gasteiger charge is 2.22. The highest BCUT2D eigenvalue weighted by molar-refractivity contribution is 7.87. The summed E-state index contributed by atoms with van der Waals surface area (Å²) in [6, 6.07) is -0.527. The van der Waals surface area contributed by atoms with Gasteiger partial charge in [-0.05, 0) is 26.9 Å². The van der Waals surface area contributed by atoms with E-state index in [1.165, 1.54) is 11.4 Å². The van der Waals surface area contributed by atoms with Gasteiger partial charge >= 0.3 is 0 Å². The fraction of sp³-hybridized carbons (Fsp3) is 0.875. The zero-order valence-corrected chi connectivity index (χ0v) is 11.5. The van der Waals surface area contributed by atoms with Crippen molar-refractivity contribution in [3.8, 4) is 0 Å². The molecule has 0 saturated heterocycles.